The van der Waals surface area contributed by atoms with E-state index in [1.165, 1.54) is 38.3 Å². The van der Waals surface area contributed by atoms with Gasteiger partial charge in [-0.05, 0) is 74.9 Å². The van der Waals surface area contributed by atoms with Crippen molar-refractivity contribution in [2.45, 2.75) is 72.1 Å². The summed E-state index contributed by atoms with van der Waals surface area (Å²) in [6.45, 7) is 5.29. The van der Waals surface area contributed by atoms with Crippen molar-refractivity contribution in [1.29, 1.82) is 0 Å². The molecule has 1 aliphatic rings. The molecule has 3 N–H and O–H groups in total. The summed E-state index contributed by atoms with van der Waals surface area (Å²) < 4.78 is 0. The lowest BCUT2D eigenvalue weighted by molar-refractivity contribution is -0.116. The number of nitrogens with zero attached hydrogens (tertiary/aromatic N) is 2. The molecule has 3 heterocycles. The van der Waals surface area contributed by atoms with E-state index in [2.05, 4.69) is 25.6 Å². The van der Waals surface area contributed by atoms with Gasteiger partial charge in [-0.25, -0.2) is 4.98 Å². The zero-order chi connectivity index (χ0) is 30.3. The molecule has 0 spiro atoms. The largest absolute Gasteiger partial charge is 0.339 e. The van der Waals surface area contributed by atoms with Crippen LogP contribution >= 0.6 is 0 Å². The fourth-order valence-corrected chi connectivity index (χ4v) is 5.84. The first kappa shape index (κ1) is 29.9. The first-order chi connectivity index (χ1) is 20.8. The number of allylic oxidation sites excluding steroid dienone is 1. The lowest BCUT2D eigenvalue weighted by Gasteiger charge is -2.21. The highest BCUT2D eigenvalue weighted by Gasteiger charge is 2.16. The molecule has 5 rings (SSSR count). The van der Waals surface area contributed by atoms with Crippen LogP contribution < -0.4 is 10.6 Å². The van der Waals surface area contributed by atoms with E-state index >= 15 is 0 Å². The Hall–Kier alpha value is -4.59. The molecule has 0 atom stereocenters. The number of aromatic nitrogens is 3. The van der Waals surface area contributed by atoms with Crippen LogP contribution in [0.25, 0.3) is 28.4 Å². The normalized spacial score (nSPS) is 13.8. The van der Waals surface area contributed by atoms with Crippen molar-refractivity contribution in [2.24, 2.45) is 5.92 Å². The van der Waals surface area contributed by atoms with Crippen molar-refractivity contribution >= 4 is 46.1 Å². The van der Waals surface area contributed by atoms with Crippen LogP contribution in [0.1, 0.15) is 97.2 Å². The van der Waals surface area contributed by atoms with Crippen LogP contribution in [0.2, 0.25) is 0 Å². The van der Waals surface area contributed by atoms with E-state index in [0.29, 0.717) is 40.3 Å². The van der Waals surface area contributed by atoms with Gasteiger partial charge in [0.15, 0.2) is 5.78 Å². The molecule has 8 heteroatoms. The van der Waals surface area contributed by atoms with Crippen LogP contribution in [0, 0.1) is 12.8 Å². The third-order valence-electron chi connectivity index (χ3n) is 8.18. The van der Waals surface area contributed by atoms with Crippen LogP contribution in [-0.4, -0.2) is 32.5 Å². The molecule has 8 nitrogen and oxygen atoms in total. The lowest BCUT2D eigenvalue weighted by atomic mass is 9.86. The summed E-state index contributed by atoms with van der Waals surface area (Å²) in [7, 11) is 0. The van der Waals surface area contributed by atoms with Crippen molar-refractivity contribution in [3.63, 3.8) is 0 Å². The zero-order valence-corrected chi connectivity index (χ0v) is 25.1. The van der Waals surface area contributed by atoms with E-state index in [1.807, 2.05) is 50.3 Å². The van der Waals surface area contributed by atoms with E-state index in [0.717, 1.165) is 41.0 Å². The number of Topliss-reactive ketones (excluding diaryl/α,β-unsaturated/α-hetero) is 1. The number of fused-ring (bicyclic) bond motifs is 1. The predicted octanol–water partition coefficient (Wildman–Crippen LogP) is 8.11. The van der Waals surface area contributed by atoms with Crippen molar-refractivity contribution < 1.29 is 14.4 Å². The second-order valence-electron chi connectivity index (χ2n) is 11.5. The first-order valence-corrected chi connectivity index (χ1v) is 15.2. The van der Waals surface area contributed by atoms with E-state index in [-0.39, 0.29) is 17.6 Å². The number of hydrogen-bond acceptors (Lipinski definition) is 5. The standard InChI is InChI=1S/C35H39N5O3/c1-4-9-25-16-26(14-15-30(25)23(3)41)32-18-27-17-28(20-37-34(27)39-32)35(43)40-31-19-29(21-36-22(31)2)38-33(42)13-8-12-24-10-6-5-7-11-24/h4,9,14-21,24H,5-8,10-13H2,1-3H3,(H,37,39)(H,38,42)(H,40,43)/b9-4+. The number of rotatable bonds is 10. The summed E-state index contributed by atoms with van der Waals surface area (Å²) in [6.07, 6.45) is 16.0. The topological polar surface area (TPSA) is 117 Å². The van der Waals surface area contributed by atoms with Gasteiger partial charge in [-0.2, -0.15) is 0 Å². The Morgan fingerprint density at radius 1 is 1.00 bits per heavy atom. The molecule has 2 amide bonds. The van der Waals surface area contributed by atoms with Gasteiger partial charge in [-0.1, -0.05) is 56.4 Å². The van der Waals surface area contributed by atoms with Gasteiger partial charge in [-0.3, -0.25) is 19.4 Å². The predicted molar refractivity (Wildman–Crippen MR) is 172 cm³/mol. The number of nitrogens with one attached hydrogen (secondary N) is 3. The molecule has 1 fully saturated rings. The molecule has 1 aromatic carbocycles. The average molecular weight is 578 g/mol. The van der Waals surface area contributed by atoms with Gasteiger partial charge in [0.1, 0.15) is 5.65 Å². The van der Waals surface area contributed by atoms with Crippen LogP contribution in [0.3, 0.4) is 0 Å². The van der Waals surface area contributed by atoms with E-state index in [4.69, 9.17) is 0 Å². The second kappa shape index (κ2) is 13.6. The highest BCUT2D eigenvalue weighted by Crippen LogP contribution is 2.29. The maximum absolute atomic E-state index is 13.2. The number of amides is 2. The molecular formula is C35H39N5O3. The van der Waals surface area contributed by atoms with E-state index < -0.39 is 0 Å². The molecular weight excluding hydrogens is 538 g/mol. The minimum Gasteiger partial charge on any atom is -0.339 e. The third-order valence-corrected chi connectivity index (χ3v) is 8.18. The summed E-state index contributed by atoms with van der Waals surface area (Å²) in [5, 5.41) is 6.64. The van der Waals surface area contributed by atoms with Crippen molar-refractivity contribution in [2.75, 3.05) is 10.6 Å². The molecule has 222 valence electrons. The molecule has 43 heavy (non-hydrogen) atoms. The Morgan fingerprint density at radius 2 is 1.81 bits per heavy atom. The van der Waals surface area contributed by atoms with Crippen LogP contribution in [0.15, 0.2) is 54.9 Å². The Kier molecular flexibility index (Phi) is 9.45. The number of ketones is 1. The molecule has 0 saturated heterocycles. The summed E-state index contributed by atoms with van der Waals surface area (Å²) in [6, 6.07) is 11.2. The monoisotopic (exact) mass is 577 g/mol. The number of H-pyrrole nitrogens is 1. The molecule has 4 aromatic rings. The highest BCUT2D eigenvalue weighted by molar-refractivity contribution is 6.06. The number of aromatic amines is 1. The molecule has 1 aliphatic carbocycles. The number of benzene rings is 1. The maximum Gasteiger partial charge on any atom is 0.257 e. The van der Waals surface area contributed by atoms with Gasteiger partial charge in [0.25, 0.3) is 5.91 Å². The Morgan fingerprint density at radius 3 is 2.58 bits per heavy atom. The number of carbonyl (C=O) groups is 3. The number of pyridine rings is 2. The lowest BCUT2D eigenvalue weighted by Crippen LogP contribution is -2.16. The number of hydrogen-bond donors (Lipinski definition) is 3. The van der Waals surface area contributed by atoms with Crippen molar-refractivity contribution in [1.82, 2.24) is 15.0 Å². The summed E-state index contributed by atoms with van der Waals surface area (Å²) in [4.78, 5) is 50.0. The minimum absolute atomic E-state index is 0.0110. The van der Waals surface area contributed by atoms with Gasteiger partial charge in [0.05, 0.1) is 28.8 Å². The highest BCUT2D eigenvalue weighted by atomic mass is 16.2. The summed E-state index contributed by atoms with van der Waals surface area (Å²) >= 11 is 0. The fraction of sp³-hybridized carbons (Fsp3) is 0.343. The van der Waals surface area contributed by atoms with Crippen LogP contribution in [0.4, 0.5) is 11.4 Å². The molecule has 0 radical (unpaired) electrons. The quantitative estimate of drug-likeness (QED) is 0.165. The van der Waals surface area contributed by atoms with Gasteiger partial charge in [0, 0.05) is 29.3 Å². The number of carbonyl (C=O) groups excluding carboxylic acids is 3. The average Bonchev–Trinajstić information content (AvgIpc) is 3.43. The van der Waals surface area contributed by atoms with E-state index in [1.54, 1.807) is 25.3 Å². The summed E-state index contributed by atoms with van der Waals surface area (Å²) in [5.74, 6) is 0.410. The molecule has 0 unspecified atom stereocenters. The smallest absolute Gasteiger partial charge is 0.257 e. The molecule has 3 aromatic heterocycles. The number of anilines is 2. The molecule has 0 bridgehead atoms. The molecule has 0 aliphatic heterocycles. The Balaban J connectivity index is 1.25. The summed E-state index contributed by atoms with van der Waals surface area (Å²) in [5.41, 5.74) is 6.05. The van der Waals surface area contributed by atoms with Crippen LogP contribution in [0.5, 0.6) is 0 Å². The van der Waals surface area contributed by atoms with Gasteiger partial charge in [-0.15, -0.1) is 0 Å². The van der Waals surface area contributed by atoms with Crippen LogP contribution in [-0.2, 0) is 4.79 Å². The Bertz CT molecular complexity index is 1680. The van der Waals surface area contributed by atoms with E-state index in [9.17, 15) is 14.4 Å². The first-order valence-electron chi connectivity index (χ1n) is 15.2. The third kappa shape index (κ3) is 7.44. The van der Waals surface area contributed by atoms with Gasteiger partial charge in [0.2, 0.25) is 5.91 Å². The second-order valence-corrected chi connectivity index (χ2v) is 11.5. The van der Waals surface area contributed by atoms with Gasteiger partial charge >= 0.3 is 0 Å². The maximum atomic E-state index is 13.2. The SMILES string of the molecule is C/C=C/c1cc(-c2cc3cc(C(=O)Nc4cc(NC(=O)CCCC5CCCCC5)cnc4C)cnc3[nH]2)ccc1C(C)=O. The number of aryl methyl sites for hydroxylation is 1. The van der Waals surface area contributed by atoms with Crippen molar-refractivity contribution in [3.05, 3.63) is 77.3 Å². The Labute approximate surface area is 252 Å². The molecule has 1 saturated carbocycles. The van der Waals surface area contributed by atoms with Gasteiger partial charge < -0.3 is 15.6 Å². The fourth-order valence-electron chi connectivity index (χ4n) is 5.84. The minimum atomic E-state index is -0.320. The van der Waals surface area contributed by atoms with Crippen molar-refractivity contribution in [3.8, 4) is 11.3 Å². The zero-order valence-electron chi connectivity index (χ0n) is 25.1.